The lowest BCUT2D eigenvalue weighted by Crippen LogP contribution is -2.26. The molecule has 0 saturated heterocycles. The van der Waals surface area contributed by atoms with Crippen molar-refractivity contribution in [1.29, 1.82) is 0 Å². The number of carbonyl (C=O) groups excluding carboxylic acids is 2. The Bertz CT molecular complexity index is 170. The summed E-state index contributed by atoms with van der Waals surface area (Å²) in [7, 11) is 0. The van der Waals surface area contributed by atoms with Gasteiger partial charge < -0.3 is 5.32 Å². The molecule has 4 nitrogen and oxygen atoms in total. The molecular formula is C6H9BrN2O2. The van der Waals surface area contributed by atoms with Gasteiger partial charge in [-0.05, 0) is 6.72 Å². The molecule has 0 aliphatic carbocycles. The summed E-state index contributed by atoms with van der Waals surface area (Å²) in [6.07, 6.45) is 0.211. The van der Waals surface area contributed by atoms with Crippen LogP contribution in [0.3, 0.4) is 0 Å². The van der Waals surface area contributed by atoms with E-state index in [-0.39, 0.29) is 23.6 Å². The van der Waals surface area contributed by atoms with Gasteiger partial charge in [0.05, 0.1) is 5.33 Å². The molecule has 0 atom stereocenters. The Morgan fingerprint density at radius 3 is 2.64 bits per heavy atom. The number of nitrogens with zero attached hydrogens (tertiary/aromatic N) is 1. The van der Waals surface area contributed by atoms with Crippen molar-refractivity contribution in [2.45, 2.75) is 6.42 Å². The highest BCUT2D eigenvalue weighted by Crippen LogP contribution is 1.82. The fourth-order valence-electron chi connectivity index (χ4n) is 0.435. The molecule has 0 saturated carbocycles. The van der Waals surface area contributed by atoms with Gasteiger partial charge in [0.2, 0.25) is 11.8 Å². The van der Waals surface area contributed by atoms with E-state index in [0.29, 0.717) is 6.54 Å². The van der Waals surface area contributed by atoms with E-state index < -0.39 is 0 Å². The summed E-state index contributed by atoms with van der Waals surface area (Å²) in [5.74, 6) is -0.443. The Morgan fingerprint density at radius 2 is 2.18 bits per heavy atom. The maximum atomic E-state index is 10.6. The average Bonchev–Trinajstić information content (AvgIpc) is 2.04. The van der Waals surface area contributed by atoms with Crippen molar-refractivity contribution in [1.82, 2.24) is 5.32 Å². The summed E-state index contributed by atoms with van der Waals surface area (Å²) in [5, 5.41) is 2.76. The van der Waals surface area contributed by atoms with Gasteiger partial charge >= 0.3 is 0 Å². The molecule has 0 spiro atoms. The van der Waals surface area contributed by atoms with Crippen LogP contribution < -0.4 is 5.32 Å². The molecule has 0 aromatic carbocycles. The summed E-state index contributed by atoms with van der Waals surface area (Å²) >= 11 is 2.97. The molecule has 0 unspecified atom stereocenters. The van der Waals surface area contributed by atoms with Gasteiger partial charge in [-0.1, -0.05) is 15.9 Å². The van der Waals surface area contributed by atoms with Crippen molar-refractivity contribution in [2.75, 3.05) is 11.9 Å². The average molecular weight is 221 g/mol. The van der Waals surface area contributed by atoms with Crippen LogP contribution in [-0.4, -0.2) is 30.4 Å². The minimum Gasteiger partial charge on any atom is -0.355 e. The van der Waals surface area contributed by atoms with Crippen LogP contribution in [0.4, 0.5) is 0 Å². The first-order valence-electron chi connectivity index (χ1n) is 3.03. The highest BCUT2D eigenvalue weighted by molar-refractivity contribution is 9.09. The van der Waals surface area contributed by atoms with Crippen molar-refractivity contribution in [2.24, 2.45) is 4.99 Å². The van der Waals surface area contributed by atoms with Crippen molar-refractivity contribution in [3.8, 4) is 0 Å². The van der Waals surface area contributed by atoms with Crippen LogP contribution in [0.1, 0.15) is 6.42 Å². The number of nitrogens with one attached hydrogen (secondary N) is 1. The van der Waals surface area contributed by atoms with Gasteiger partial charge in [-0.25, -0.2) is 4.99 Å². The smallest absolute Gasteiger partial charge is 0.246 e. The zero-order chi connectivity index (χ0) is 8.69. The van der Waals surface area contributed by atoms with Gasteiger partial charge in [0, 0.05) is 13.0 Å². The molecule has 2 amide bonds. The van der Waals surface area contributed by atoms with Crippen molar-refractivity contribution in [3.05, 3.63) is 0 Å². The highest BCUT2D eigenvalue weighted by Gasteiger charge is 1.99. The number of alkyl halides is 1. The van der Waals surface area contributed by atoms with Crippen molar-refractivity contribution in [3.63, 3.8) is 0 Å². The van der Waals surface area contributed by atoms with E-state index >= 15 is 0 Å². The summed E-state index contributed by atoms with van der Waals surface area (Å²) in [4.78, 5) is 24.2. The summed E-state index contributed by atoms with van der Waals surface area (Å²) in [6.45, 7) is 3.38. The monoisotopic (exact) mass is 220 g/mol. The third-order valence-electron chi connectivity index (χ3n) is 0.959. The molecule has 0 bridgehead atoms. The minimum absolute atomic E-state index is 0.137. The molecule has 5 heteroatoms. The van der Waals surface area contributed by atoms with Crippen LogP contribution in [0.5, 0.6) is 0 Å². The number of amides is 2. The molecule has 0 aromatic rings. The van der Waals surface area contributed by atoms with Gasteiger partial charge in [0.1, 0.15) is 0 Å². The van der Waals surface area contributed by atoms with Crippen molar-refractivity contribution < 1.29 is 9.59 Å². The molecule has 0 aromatic heterocycles. The summed E-state index contributed by atoms with van der Waals surface area (Å²) < 4.78 is 0. The van der Waals surface area contributed by atoms with Crippen LogP contribution in [0.15, 0.2) is 4.99 Å². The molecule has 0 rings (SSSR count). The van der Waals surface area contributed by atoms with Crippen LogP contribution >= 0.6 is 15.9 Å². The molecule has 0 fully saturated rings. The van der Waals surface area contributed by atoms with Gasteiger partial charge in [-0.15, -0.1) is 0 Å². The Morgan fingerprint density at radius 1 is 1.55 bits per heavy atom. The minimum atomic E-state index is -0.306. The maximum Gasteiger partial charge on any atom is 0.246 e. The number of hydrogen-bond acceptors (Lipinski definition) is 2. The SMILES string of the molecule is C=NC(=O)CCNC(=O)CBr. The van der Waals surface area contributed by atoms with E-state index in [1.54, 1.807) is 0 Å². The number of aliphatic imine (C=N–C) groups is 1. The fourth-order valence-corrected chi connectivity index (χ4v) is 0.633. The fraction of sp³-hybridized carbons (Fsp3) is 0.500. The molecule has 0 aliphatic rings. The molecule has 0 heterocycles. The number of halogens is 1. The third kappa shape index (κ3) is 5.72. The zero-order valence-corrected chi connectivity index (χ0v) is 7.56. The largest absolute Gasteiger partial charge is 0.355 e. The predicted octanol–water partition coefficient (Wildman–Crippen LogP) is 0.115. The zero-order valence-electron chi connectivity index (χ0n) is 5.97. The van der Waals surface area contributed by atoms with Gasteiger partial charge in [0.25, 0.3) is 0 Å². The quantitative estimate of drug-likeness (QED) is 0.541. The summed E-state index contributed by atoms with van der Waals surface area (Å²) in [5.41, 5.74) is 0. The van der Waals surface area contributed by atoms with Gasteiger partial charge in [-0.3, -0.25) is 9.59 Å². The normalized spacial score (nSPS) is 8.82. The van der Waals surface area contributed by atoms with Gasteiger partial charge in [0.15, 0.2) is 0 Å². The molecule has 62 valence electrons. The Hall–Kier alpha value is -0.710. The molecular weight excluding hydrogens is 212 g/mol. The lowest BCUT2D eigenvalue weighted by atomic mass is 10.4. The van der Waals surface area contributed by atoms with Crippen LogP contribution in [0, 0.1) is 0 Å². The first-order valence-corrected chi connectivity index (χ1v) is 4.15. The van der Waals surface area contributed by atoms with E-state index in [2.05, 4.69) is 33.0 Å². The number of carbonyl (C=O) groups is 2. The Labute approximate surface area is 73.2 Å². The number of hydrogen-bond donors (Lipinski definition) is 1. The number of rotatable bonds is 4. The highest BCUT2D eigenvalue weighted by atomic mass is 79.9. The first-order chi connectivity index (χ1) is 5.20. The Kier molecular flexibility index (Phi) is 5.64. The van der Waals surface area contributed by atoms with E-state index in [9.17, 15) is 9.59 Å². The lowest BCUT2D eigenvalue weighted by Gasteiger charge is -1.98. The van der Waals surface area contributed by atoms with Gasteiger partial charge in [-0.2, -0.15) is 0 Å². The molecule has 0 radical (unpaired) electrons. The first kappa shape index (κ1) is 10.3. The third-order valence-corrected chi connectivity index (χ3v) is 1.47. The molecule has 0 aliphatic heterocycles. The lowest BCUT2D eigenvalue weighted by molar-refractivity contribution is -0.119. The van der Waals surface area contributed by atoms with E-state index in [1.165, 1.54) is 0 Å². The van der Waals surface area contributed by atoms with Crippen LogP contribution in [0.2, 0.25) is 0 Å². The van der Waals surface area contributed by atoms with Crippen molar-refractivity contribution >= 4 is 34.5 Å². The standard InChI is InChI=1S/C6H9BrN2O2/c1-8-5(10)2-3-9-6(11)4-7/h1-4H2,(H,9,11). The predicted molar refractivity (Wildman–Crippen MR) is 46.0 cm³/mol. The molecule has 11 heavy (non-hydrogen) atoms. The second-order valence-corrected chi connectivity index (χ2v) is 2.35. The van der Waals surface area contributed by atoms with Crippen LogP contribution in [-0.2, 0) is 9.59 Å². The Balaban J connectivity index is 3.34. The summed E-state index contributed by atoms with van der Waals surface area (Å²) in [6, 6.07) is 0. The van der Waals surface area contributed by atoms with E-state index in [0.717, 1.165) is 0 Å². The second-order valence-electron chi connectivity index (χ2n) is 1.79. The van der Waals surface area contributed by atoms with E-state index in [1.807, 2.05) is 0 Å². The van der Waals surface area contributed by atoms with Crippen LogP contribution in [0.25, 0.3) is 0 Å². The van der Waals surface area contributed by atoms with E-state index in [4.69, 9.17) is 0 Å². The maximum absolute atomic E-state index is 10.6. The second kappa shape index (κ2) is 6.03. The topological polar surface area (TPSA) is 58.5 Å². The molecule has 1 N–H and O–H groups in total.